The van der Waals surface area contributed by atoms with Crippen LogP contribution < -0.4 is 4.74 Å². The van der Waals surface area contributed by atoms with Crippen LogP contribution in [0.1, 0.15) is 15.9 Å². The topological polar surface area (TPSA) is 59.4 Å². The van der Waals surface area contributed by atoms with Crippen molar-refractivity contribution in [1.82, 2.24) is 4.98 Å². The maximum Gasteiger partial charge on any atom is 0.335 e. The van der Waals surface area contributed by atoms with Crippen LogP contribution in [0, 0.1) is 0 Å². The van der Waals surface area contributed by atoms with Crippen LogP contribution in [0.3, 0.4) is 0 Å². The Morgan fingerprint density at radius 1 is 1.33 bits per heavy atom. The predicted molar refractivity (Wildman–Crippen MR) is 69.7 cm³/mol. The van der Waals surface area contributed by atoms with Crippen LogP contribution in [-0.2, 0) is 6.61 Å². The van der Waals surface area contributed by atoms with E-state index in [-0.39, 0.29) is 5.56 Å². The van der Waals surface area contributed by atoms with Gasteiger partial charge in [0.25, 0.3) is 0 Å². The molecule has 0 saturated heterocycles. The first-order valence-corrected chi connectivity index (χ1v) is 6.01. The zero-order chi connectivity index (χ0) is 13.0. The number of rotatable bonds is 4. The van der Waals surface area contributed by atoms with E-state index in [9.17, 15) is 4.79 Å². The highest BCUT2D eigenvalue weighted by atomic mass is 79.9. The van der Waals surface area contributed by atoms with E-state index >= 15 is 0 Å². The zero-order valence-corrected chi connectivity index (χ0v) is 10.9. The number of carboxylic acid groups (broad SMARTS) is 1. The fourth-order valence-corrected chi connectivity index (χ4v) is 1.79. The molecular weight excluding hydrogens is 298 g/mol. The van der Waals surface area contributed by atoms with Gasteiger partial charge < -0.3 is 9.84 Å². The maximum absolute atomic E-state index is 10.8. The molecule has 4 nitrogen and oxygen atoms in total. The molecule has 92 valence electrons. The van der Waals surface area contributed by atoms with Crippen molar-refractivity contribution in [1.29, 1.82) is 0 Å². The molecule has 0 radical (unpaired) electrons. The smallest absolute Gasteiger partial charge is 0.335 e. The van der Waals surface area contributed by atoms with E-state index in [0.717, 1.165) is 10.0 Å². The summed E-state index contributed by atoms with van der Waals surface area (Å²) in [6.45, 7) is 0.331. The molecule has 0 aliphatic rings. The molecule has 1 aromatic heterocycles. The van der Waals surface area contributed by atoms with Gasteiger partial charge in [0.2, 0.25) is 5.88 Å². The van der Waals surface area contributed by atoms with Gasteiger partial charge in [-0.05, 0) is 12.1 Å². The zero-order valence-electron chi connectivity index (χ0n) is 9.34. The number of hydrogen-bond donors (Lipinski definition) is 1. The predicted octanol–water partition coefficient (Wildman–Crippen LogP) is 3.12. The van der Waals surface area contributed by atoms with Crippen molar-refractivity contribution < 1.29 is 14.6 Å². The highest BCUT2D eigenvalue weighted by Gasteiger charge is 2.06. The molecule has 0 atom stereocenters. The molecule has 0 fully saturated rings. The maximum atomic E-state index is 10.8. The Labute approximate surface area is 112 Å². The minimum absolute atomic E-state index is 0.159. The Hall–Kier alpha value is -1.88. The van der Waals surface area contributed by atoms with Gasteiger partial charge in [0.05, 0.1) is 5.56 Å². The lowest BCUT2D eigenvalue weighted by atomic mass is 10.2. The van der Waals surface area contributed by atoms with E-state index in [1.165, 1.54) is 18.3 Å². The molecule has 1 N–H and O–H groups in total. The monoisotopic (exact) mass is 307 g/mol. The number of pyridine rings is 1. The molecule has 1 aromatic carbocycles. The minimum atomic E-state index is -0.997. The van der Waals surface area contributed by atoms with E-state index < -0.39 is 5.97 Å². The van der Waals surface area contributed by atoms with Gasteiger partial charge in [-0.1, -0.05) is 34.1 Å². The fraction of sp³-hybridized carbons (Fsp3) is 0.0769. The number of aromatic carboxylic acids is 1. The highest BCUT2D eigenvalue weighted by Crippen LogP contribution is 2.18. The molecule has 0 saturated carbocycles. The van der Waals surface area contributed by atoms with Crippen LogP contribution in [0.2, 0.25) is 0 Å². The highest BCUT2D eigenvalue weighted by molar-refractivity contribution is 9.10. The summed E-state index contributed by atoms with van der Waals surface area (Å²) < 4.78 is 6.40. The Balaban J connectivity index is 2.09. The second-order valence-corrected chi connectivity index (χ2v) is 4.42. The SMILES string of the molecule is O=C(O)c1ccnc(OCc2ccccc2Br)c1. The third-order valence-electron chi connectivity index (χ3n) is 2.32. The summed E-state index contributed by atoms with van der Waals surface area (Å²) in [4.78, 5) is 14.8. The van der Waals surface area contributed by atoms with Crippen molar-refractivity contribution in [3.63, 3.8) is 0 Å². The second-order valence-electron chi connectivity index (χ2n) is 3.57. The normalized spacial score (nSPS) is 10.1. The lowest BCUT2D eigenvalue weighted by Gasteiger charge is -2.07. The van der Waals surface area contributed by atoms with E-state index in [1.807, 2.05) is 24.3 Å². The lowest BCUT2D eigenvalue weighted by Crippen LogP contribution is -2.01. The van der Waals surface area contributed by atoms with Crippen LogP contribution in [-0.4, -0.2) is 16.1 Å². The van der Waals surface area contributed by atoms with Crippen LogP contribution in [0.25, 0.3) is 0 Å². The number of benzene rings is 1. The third kappa shape index (κ3) is 3.07. The summed E-state index contributed by atoms with van der Waals surface area (Å²) >= 11 is 3.41. The Morgan fingerprint density at radius 2 is 2.11 bits per heavy atom. The molecule has 0 aliphatic carbocycles. The van der Waals surface area contributed by atoms with Crippen LogP contribution in [0.15, 0.2) is 47.1 Å². The fourth-order valence-electron chi connectivity index (χ4n) is 1.39. The number of halogens is 1. The summed E-state index contributed by atoms with van der Waals surface area (Å²) in [5.74, 6) is -0.700. The summed E-state index contributed by atoms with van der Waals surface area (Å²) in [5, 5.41) is 8.85. The molecule has 0 amide bonds. The summed E-state index contributed by atoms with van der Waals surface area (Å²) in [5.41, 5.74) is 1.13. The van der Waals surface area contributed by atoms with E-state index in [2.05, 4.69) is 20.9 Å². The number of carboxylic acids is 1. The average Bonchev–Trinajstić information content (AvgIpc) is 2.38. The number of aromatic nitrogens is 1. The Bertz CT molecular complexity index is 572. The Kier molecular flexibility index (Phi) is 3.94. The van der Waals surface area contributed by atoms with Gasteiger partial charge in [0.15, 0.2) is 0 Å². The minimum Gasteiger partial charge on any atom is -0.478 e. The molecule has 0 bridgehead atoms. The Morgan fingerprint density at radius 3 is 2.83 bits per heavy atom. The molecule has 1 heterocycles. The largest absolute Gasteiger partial charge is 0.478 e. The first-order valence-electron chi connectivity index (χ1n) is 5.22. The molecule has 0 unspecified atom stereocenters. The quantitative estimate of drug-likeness (QED) is 0.943. The van der Waals surface area contributed by atoms with Crippen molar-refractivity contribution in [3.8, 4) is 5.88 Å². The number of carbonyl (C=O) groups is 1. The van der Waals surface area contributed by atoms with E-state index in [1.54, 1.807) is 0 Å². The first-order chi connectivity index (χ1) is 8.66. The summed E-state index contributed by atoms with van der Waals surface area (Å²) in [6.07, 6.45) is 1.42. The summed E-state index contributed by atoms with van der Waals surface area (Å²) in [6, 6.07) is 10.5. The standard InChI is InChI=1S/C13H10BrNO3/c14-11-4-2-1-3-10(11)8-18-12-7-9(13(16)17)5-6-15-12/h1-7H,8H2,(H,16,17). The van der Waals surface area contributed by atoms with Crippen LogP contribution in [0.5, 0.6) is 5.88 Å². The second kappa shape index (κ2) is 5.64. The number of ether oxygens (including phenoxy) is 1. The molecule has 2 rings (SSSR count). The summed E-state index contributed by atoms with van der Waals surface area (Å²) in [7, 11) is 0. The van der Waals surface area contributed by atoms with Crippen molar-refractivity contribution in [2.24, 2.45) is 0 Å². The number of hydrogen-bond acceptors (Lipinski definition) is 3. The van der Waals surface area contributed by atoms with E-state index in [4.69, 9.17) is 9.84 Å². The van der Waals surface area contributed by atoms with Gasteiger partial charge in [-0.2, -0.15) is 0 Å². The molecule has 2 aromatic rings. The van der Waals surface area contributed by atoms with Crippen molar-refractivity contribution in [2.75, 3.05) is 0 Å². The van der Waals surface area contributed by atoms with Crippen molar-refractivity contribution in [3.05, 3.63) is 58.2 Å². The molecule has 5 heteroatoms. The van der Waals surface area contributed by atoms with Gasteiger partial charge in [0, 0.05) is 22.3 Å². The van der Waals surface area contributed by atoms with Crippen molar-refractivity contribution in [2.45, 2.75) is 6.61 Å². The first kappa shape index (κ1) is 12.6. The van der Waals surface area contributed by atoms with Crippen LogP contribution >= 0.6 is 15.9 Å². The molecule has 0 aliphatic heterocycles. The van der Waals surface area contributed by atoms with Crippen LogP contribution in [0.4, 0.5) is 0 Å². The van der Waals surface area contributed by atoms with Gasteiger partial charge >= 0.3 is 5.97 Å². The van der Waals surface area contributed by atoms with Gasteiger partial charge in [-0.15, -0.1) is 0 Å². The average molecular weight is 308 g/mol. The lowest BCUT2D eigenvalue weighted by molar-refractivity contribution is 0.0696. The van der Waals surface area contributed by atoms with Gasteiger partial charge in [-0.3, -0.25) is 0 Å². The van der Waals surface area contributed by atoms with E-state index in [0.29, 0.717) is 12.5 Å². The van der Waals surface area contributed by atoms with Gasteiger partial charge in [-0.25, -0.2) is 9.78 Å². The molecule has 0 spiro atoms. The number of nitrogens with zero attached hydrogens (tertiary/aromatic N) is 1. The van der Waals surface area contributed by atoms with Gasteiger partial charge in [0.1, 0.15) is 6.61 Å². The third-order valence-corrected chi connectivity index (χ3v) is 3.09. The van der Waals surface area contributed by atoms with Crippen molar-refractivity contribution >= 4 is 21.9 Å². The molecular formula is C13H10BrNO3. The molecule has 18 heavy (non-hydrogen) atoms.